The van der Waals surface area contributed by atoms with Crippen LogP contribution in [0, 0.1) is 0 Å². The first-order valence-electron chi connectivity index (χ1n) is 9.97. The molecule has 0 bridgehead atoms. The number of hydrogen-bond acceptors (Lipinski definition) is 5. The number of rotatable bonds is 6. The number of nitrogens with zero attached hydrogens (tertiary/aromatic N) is 3. The Morgan fingerprint density at radius 2 is 1.69 bits per heavy atom. The largest absolute Gasteiger partial charge is 0.497 e. The molecule has 0 amide bonds. The van der Waals surface area contributed by atoms with Gasteiger partial charge in [-0.15, -0.1) is 0 Å². The average molecular weight is 389 g/mol. The van der Waals surface area contributed by atoms with Gasteiger partial charge in [0.1, 0.15) is 11.5 Å². The van der Waals surface area contributed by atoms with Gasteiger partial charge in [-0.2, -0.15) is 5.10 Å². The zero-order valence-electron chi connectivity index (χ0n) is 17.0. The van der Waals surface area contributed by atoms with Gasteiger partial charge in [0.15, 0.2) is 0 Å². The Kier molecular flexibility index (Phi) is 5.96. The van der Waals surface area contributed by atoms with Gasteiger partial charge >= 0.3 is 0 Å². The smallest absolute Gasteiger partial charge is 0.131 e. The molecule has 4 rings (SSSR count). The molecule has 0 spiro atoms. The number of hydrogen-bond donors (Lipinski definition) is 0. The second kappa shape index (κ2) is 8.97. The van der Waals surface area contributed by atoms with E-state index in [1.54, 1.807) is 14.2 Å². The van der Waals surface area contributed by atoms with E-state index < -0.39 is 0 Å². The lowest BCUT2D eigenvalue weighted by Crippen LogP contribution is -2.43. The summed E-state index contributed by atoms with van der Waals surface area (Å²) in [7, 11) is 3.32. The second-order valence-electron chi connectivity index (χ2n) is 7.22. The summed E-state index contributed by atoms with van der Waals surface area (Å²) in [5, 5.41) is 9.45. The molecule has 5 heteroatoms. The number of fused-ring (bicyclic) bond motifs is 1. The molecule has 1 saturated heterocycles. The molecule has 0 aliphatic carbocycles. The van der Waals surface area contributed by atoms with E-state index in [2.05, 4.69) is 57.5 Å². The van der Waals surface area contributed by atoms with E-state index in [4.69, 9.17) is 9.47 Å². The summed E-state index contributed by atoms with van der Waals surface area (Å²) in [6.45, 7) is 4.81. The summed E-state index contributed by atoms with van der Waals surface area (Å²) in [6.07, 6.45) is 1.87. The number of benzene rings is 3. The van der Waals surface area contributed by atoms with E-state index >= 15 is 0 Å². The quantitative estimate of drug-likeness (QED) is 0.597. The van der Waals surface area contributed by atoms with E-state index in [0.29, 0.717) is 0 Å². The Labute approximate surface area is 172 Å². The molecule has 1 aliphatic heterocycles. The first-order chi connectivity index (χ1) is 14.3. The zero-order valence-corrected chi connectivity index (χ0v) is 17.0. The highest BCUT2D eigenvalue weighted by Gasteiger charge is 2.16. The molecule has 0 unspecified atom stereocenters. The van der Waals surface area contributed by atoms with Crippen molar-refractivity contribution >= 4 is 17.0 Å². The minimum absolute atomic E-state index is 0.766. The molecule has 0 radical (unpaired) electrons. The van der Waals surface area contributed by atoms with Gasteiger partial charge in [0.25, 0.3) is 0 Å². The number of ether oxygens (including phenoxy) is 2. The predicted molar refractivity (Wildman–Crippen MR) is 118 cm³/mol. The average Bonchev–Trinajstić information content (AvgIpc) is 2.78. The highest BCUT2D eigenvalue weighted by Crippen LogP contribution is 2.23. The van der Waals surface area contributed by atoms with Crippen molar-refractivity contribution < 1.29 is 9.47 Å². The Balaban J connectivity index is 1.37. The van der Waals surface area contributed by atoms with E-state index in [9.17, 15) is 0 Å². The first-order valence-corrected chi connectivity index (χ1v) is 9.97. The Bertz CT molecular complexity index is 989. The summed E-state index contributed by atoms with van der Waals surface area (Å²) < 4.78 is 10.7. The van der Waals surface area contributed by atoms with Crippen LogP contribution in [0.5, 0.6) is 11.5 Å². The summed E-state index contributed by atoms with van der Waals surface area (Å²) in [4.78, 5) is 2.50. The Hall–Kier alpha value is -3.05. The molecule has 3 aromatic carbocycles. The normalized spacial score (nSPS) is 15.2. The van der Waals surface area contributed by atoms with Crippen LogP contribution in [0.3, 0.4) is 0 Å². The molecule has 5 nitrogen and oxygen atoms in total. The maximum absolute atomic E-state index is 5.45. The van der Waals surface area contributed by atoms with Crippen LogP contribution < -0.4 is 9.47 Å². The summed E-state index contributed by atoms with van der Waals surface area (Å²) in [5.74, 6) is 1.55. The Morgan fingerprint density at radius 1 is 0.897 bits per heavy atom. The van der Waals surface area contributed by atoms with Gasteiger partial charge in [-0.25, -0.2) is 0 Å². The zero-order chi connectivity index (χ0) is 20.1. The van der Waals surface area contributed by atoms with Crippen molar-refractivity contribution in [1.29, 1.82) is 0 Å². The molecule has 3 aromatic rings. The van der Waals surface area contributed by atoms with Gasteiger partial charge in [0, 0.05) is 44.4 Å². The monoisotopic (exact) mass is 389 g/mol. The molecule has 1 aliphatic rings. The van der Waals surface area contributed by atoms with E-state index in [-0.39, 0.29) is 0 Å². The third-order valence-electron chi connectivity index (χ3n) is 5.42. The van der Waals surface area contributed by atoms with Crippen molar-refractivity contribution in [3.05, 3.63) is 71.8 Å². The maximum Gasteiger partial charge on any atom is 0.131 e. The van der Waals surface area contributed by atoms with Crippen molar-refractivity contribution in [1.82, 2.24) is 9.91 Å². The lowest BCUT2D eigenvalue weighted by Gasteiger charge is -2.33. The van der Waals surface area contributed by atoms with Gasteiger partial charge in [-0.05, 0) is 28.5 Å². The predicted octanol–water partition coefficient (Wildman–Crippen LogP) is 4.01. The topological polar surface area (TPSA) is 37.3 Å². The molecule has 29 heavy (non-hydrogen) atoms. The number of methoxy groups -OCH3 is 2. The summed E-state index contributed by atoms with van der Waals surface area (Å²) in [6, 6.07) is 21.0. The molecular weight excluding hydrogens is 362 g/mol. The minimum atomic E-state index is 0.766. The van der Waals surface area contributed by atoms with E-state index in [1.807, 2.05) is 24.4 Å². The lowest BCUT2D eigenvalue weighted by atomic mass is 10.0. The van der Waals surface area contributed by atoms with Crippen LogP contribution in [0.15, 0.2) is 65.8 Å². The van der Waals surface area contributed by atoms with Gasteiger partial charge < -0.3 is 9.47 Å². The molecular formula is C24H27N3O2. The van der Waals surface area contributed by atoms with Crippen LogP contribution in [0.4, 0.5) is 0 Å². The SMILES string of the molecule is COc1ccc(/C=N/N2CCN(Cc3cccc4ccccc34)CC2)c(OC)c1. The molecule has 1 fully saturated rings. The highest BCUT2D eigenvalue weighted by atomic mass is 16.5. The lowest BCUT2D eigenvalue weighted by molar-refractivity contribution is 0.131. The number of piperazine rings is 1. The Morgan fingerprint density at radius 3 is 2.48 bits per heavy atom. The van der Waals surface area contributed by atoms with Crippen LogP contribution >= 0.6 is 0 Å². The second-order valence-corrected chi connectivity index (χ2v) is 7.22. The fourth-order valence-corrected chi connectivity index (χ4v) is 3.75. The van der Waals surface area contributed by atoms with Crippen molar-refractivity contribution in [2.45, 2.75) is 6.54 Å². The van der Waals surface area contributed by atoms with Gasteiger partial charge in [0.05, 0.1) is 20.4 Å². The van der Waals surface area contributed by atoms with E-state index in [0.717, 1.165) is 49.8 Å². The van der Waals surface area contributed by atoms with Gasteiger partial charge in [-0.3, -0.25) is 9.91 Å². The molecule has 0 N–H and O–H groups in total. The van der Waals surface area contributed by atoms with Crippen LogP contribution in [-0.4, -0.2) is 56.5 Å². The molecule has 150 valence electrons. The standard InChI is InChI=1S/C24H27N3O2/c1-28-22-11-10-20(24(16-22)29-2)17-25-27-14-12-26(13-15-27)18-21-8-5-7-19-6-3-4-9-23(19)21/h3-11,16-17H,12-15,18H2,1-2H3/b25-17+. The minimum Gasteiger partial charge on any atom is -0.497 e. The van der Waals surface area contributed by atoms with Crippen molar-refractivity contribution in [2.75, 3.05) is 40.4 Å². The molecule has 0 atom stereocenters. The first kappa shape index (κ1) is 19.3. The van der Waals surface area contributed by atoms with Gasteiger partial charge in [-0.1, -0.05) is 42.5 Å². The maximum atomic E-state index is 5.45. The third-order valence-corrected chi connectivity index (χ3v) is 5.42. The fraction of sp³-hybridized carbons (Fsp3) is 0.292. The van der Waals surface area contributed by atoms with E-state index in [1.165, 1.54) is 16.3 Å². The van der Waals surface area contributed by atoms with Crippen LogP contribution in [0.25, 0.3) is 10.8 Å². The van der Waals surface area contributed by atoms with Crippen LogP contribution in [0.1, 0.15) is 11.1 Å². The summed E-state index contributed by atoms with van der Waals surface area (Å²) in [5.41, 5.74) is 2.34. The fourth-order valence-electron chi connectivity index (χ4n) is 3.75. The van der Waals surface area contributed by atoms with Crippen molar-refractivity contribution in [3.8, 4) is 11.5 Å². The molecule has 0 aromatic heterocycles. The van der Waals surface area contributed by atoms with Crippen LogP contribution in [0.2, 0.25) is 0 Å². The van der Waals surface area contributed by atoms with Crippen molar-refractivity contribution in [3.63, 3.8) is 0 Å². The third kappa shape index (κ3) is 4.51. The number of hydrazone groups is 1. The van der Waals surface area contributed by atoms with Gasteiger partial charge in [0.2, 0.25) is 0 Å². The summed E-state index contributed by atoms with van der Waals surface area (Å²) >= 11 is 0. The highest BCUT2D eigenvalue weighted by molar-refractivity contribution is 5.85. The molecule has 0 saturated carbocycles. The van der Waals surface area contributed by atoms with Crippen molar-refractivity contribution in [2.24, 2.45) is 5.10 Å². The van der Waals surface area contributed by atoms with Crippen LogP contribution in [-0.2, 0) is 6.54 Å². The molecule has 1 heterocycles.